The van der Waals surface area contributed by atoms with Crippen molar-refractivity contribution in [2.45, 2.75) is 28.6 Å². The Hall–Kier alpha value is -3.27. The summed E-state index contributed by atoms with van der Waals surface area (Å²) in [4.78, 5) is 21.8. The number of rotatable bonds is 9. The summed E-state index contributed by atoms with van der Waals surface area (Å²) in [6, 6.07) is 16.6. The minimum Gasteiger partial charge on any atom is -0.497 e. The second-order valence-corrected chi connectivity index (χ2v) is 9.64. The first-order valence-electron chi connectivity index (χ1n) is 9.76. The van der Waals surface area contributed by atoms with Gasteiger partial charge in [0.15, 0.2) is 10.7 Å². The van der Waals surface area contributed by atoms with Crippen molar-refractivity contribution in [2.24, 2.45) is 11.5 Å². The molecule has 0 amide bonds. The largest absolute Gasteiger partial charge is 0.497 e. The molecule has 3 aromatic carbocycles. The zero-order chi connectivity index (χ0) is 23.5. The van der Waals surface area contributed by atoms with Gasteiger partial charge < -0.3 is 21.3 Å². The van der Waals surface area contributed by atoms with Crippen LogP contribution in [0.1, 0.15) is 12.0 Å². The van der Waals surface area contributed by atoms with Crippen LogP contribution < -0.4 is 16.2 Å². The zero-order valence-electron chi connectivity index (χ0n) is 17.4. The lowest BCUT2D eigenvalue weighted by atomic mass is 9.97. The van der Waals surface area contributed by atoms with Gasteiger partial charge in [-0.25, -0.2) is 8.42 Å². The molecule has 0 fully saturated rings. The van der Waals surface area contributed by atoms with E-state index in [1.807, 2.05) is 0 Å². The highest BCUT2D eigenvalue weighted by Crippen LogP contribution is 2.33. The molecule has 0 bridgehead atoms. The number of carboxylic acids is 1. The van der Waals surface area contributed by atoms with Crippen LogP contribution in [0.5, 0.6) is 5.75 Å². The van der Waals surface area contributed by atoms with Gasteiger partial charge in [0.05, 0.1) is 24.5 Å². The molecule has 0 saturated heterocycles. The number of methoxy groups -OCH3 is 1. The van der Waals surface area contributed by atoms with Crippen LogP contribution in [0.4, 0.5) is 0 Å². The Morgan fingerprint density at radius 1 is 1.06 bits per heavy atom. The van der Waals surface area contributed by atoms with Gasteiger partial charge in [0.25, 0.3) is 0 Å². The fourth-order valence-corrected chi connectivity index (χ4v) is 5.46. The third kappa shape index (κ3) is 4.36. The minimum absolute atomic E-state index is 0.0144. The Balaban J connectivity index is 2.10. The Morgan fingerprint density at radius 2 is 1.75 bits per heavy atom. The topological polar surface area (TPSA) is 150 Å². The van der Waals surface area contributed by atoms with Gasteiger partial charge in [0.2, 0.25) is 9.84 Å². The maximum absolute atomic E-state index is 13.7. The Bertz CT molecular complexity index is 1260. The second-order valence-electron chi connectivity index (χ2n) is 7.47. The quantitative estimate of drug-likeness (QED) is 0.442. The molecular weight excluding hydrogens is 432 g/mol. The van der Waals surface area contributed by atoms with Crippen molar-refractivity contribution in [1.82, 2.24) is 0 Å². The molecule has 0 aromatic heterocycles. The summed E-state index contributed by atoms with van der Waals surface area (Å²) in [5, 5.41) is 10.2. The Labute approximate surface area is 185 Å². The number of carboxylic acid groups (broad SMARTS) is 1. The molecule has 0 aliphatic heterocycles. The number of hydrogen-bond acceptors (Lipinski definition) is 7. The van der Waals surface area contributed by atoms with Gasteiger partial charge in [-0.1, -0.05) is 42.5 Å². The van der Waals surface area contributed by atoms with Gasteiger partial charge in [-0.3, -0.25) is 9.59 Å². The number of sulfone groups is 1. The number of carbonyl (C=O) groups excluding carboxylic acids is 1. The molecule has 5 N–H and O–H groups in total. The molecule has 0 aliphatic carbocycles. The summed E-state index contributed by atoms with van der Waals surface area (Å²) >= 11 is 0. The van der Waals surface area contributed by atoms with Crippen molar-refractivity contribution in [2.75, 3.05) is 7.11 Å². The number of ether oxygens (including phenoxy) is 1. The summed E-state index contributed by atoms with van der Waals surface area (Å²) in [5.41, 5.74) is 12.9. The van der Waals surface area contributed by atoms with E-state index in [9.17, 15) is 23.1 Å². The van der Waals surface area contributed by atoms with Crippen LogP contribution in [-0.2, 0) is 25.8 Å². The van der Waals surface area contributed by atoms with E-state index in [2.05, 4.69) is 0 Å². The van der Waals surface area contributed by atoms with Crippen LogP contribution >= 0.6 is 0 Å². The first-order valence-corrected chi connectivity index (χ1v) is 11.2. The van der Waals surface area contributed by atoms with E-state index in [4.69, 9.17) is 16.2 Å². The van der Waals surface area contributed by atoms with E-state index in [0.717, 1.165) is 0 Å². The number of ketones is 1. The maximum atomic E-state index is 13.7. The minimum atomic E-state index is -4.65. The van der Waals surface area contributed by atoms with Gasteiger partial charge in [-0.2, -0.15) is 0 Å². The van der Waals surface area contributed by atoms with E-state index >= 15 is 0 Å². The van der Waals surface area contributed by atoms with Crippen molar-refractivity contribution in [1.29, 1.82) is 0 Å². The number of nitrogens with two attached hydrogens (primary N) is 2. The van der Waals surface area contributed by atoms with Gasteiger partial charge >= 0.3 is 5.97 Å². The molecule has 9 heteroatoms. The molecule has 1 unspecified atom stereocenters. The maximum Gasteiger partial charge on any atom is 0.306 e. The summed E-state index contributed by atoms with van der Waals surface area (Å²) in [7, 11) is -3.17. The lowest BCUT2D eigenvalue weighted by Crippen LogP contribution is -2.61. The molecule has 168 valence electrons. The van der Waals surface area contributed by atoms with Crippen LogP contribution in [0.3, 0.4) is 0 Å². The zero-order valence-corrected chi connectivity index (χ0v) is 18.2. The van der Waals surface area contributed by atoms with Crippen LogP contribution in [0.15, 0.2) is 71.6 Å². The fraction of sp³-hybridized carbons (Fsp3) is 0.217. The molecule has 0 saturated carbocycles. The van der Waals surface area contributed by atoms with Crippen LogP contribution in [0, 0.1) is 0 Å². The molecule has 2 atom stereocenters. The van der Waals surface area contributed by atoms with Crippen LogP contribution in [0.25, 0.3) is 10.8 Å². The molecule has 3 aromatic rings. The van der Waals surface area contributed by atoms with Crippen molar-refractivity contribution >= 4 is 32.4 Å². The third-order valence-corrected chi connectivity index (χ3v) is 7.52. The van der Waals surface area contributed by atoms with Crippen molar-refractivity contribution in [3.8, 4) is 5.75 Å². The second kappa shape index (κ2) is 9.07. The highest BCUT2D eigenvalue weighted by atomic mass is 32.2. The van der Waals surface area contributed by atoms with Gasteiger partial charge in [0.1, 0.15) is 5.75 Å². The van der Waals surface area contributed by atoms with E-state index in [-0.39, 0.29) is 16.7 Å². The fourth-order valence-electron chi connectivity index (χ4n) is 3.60. The van der Waals surface area contributed by atoms with Gasteiger partial charge in [0, 0.05) is 5.39 Å². The summed E-state index contributed by atoms with van der Waals surface area (Å²) in [5.74, 6) is -2.08. The van der Waals surface area contributed by atoms with Crippen molar-refractivity contribution < 1.29 is 27.9 Å². The number of fused-ring (bicyclic) bond motifs is 1. The summed E-state index contributed by atoms with van der Waals surface area (Å²) < 4.78 is 32.5. The average Bonchev–Trinajstić information content (AvgIpc) is 2.77. The highest BCUT2D eigenvalue weighted by molar-refractivity contribution is 7.93. The molecule has 32 heavy (non-hydrogen) atoms. The number of aliphatic carboxylic acids is 1. The lowest BCUT2D eigenvalue weighted by Gasteiger charge is -2.29. The first kappa shape index (κ1) is 23.4. The highest BCUT2D eigenvalue weighted by Gasteiger charge is 2.51. The molecule has 0 spiro atoms. The number of benzene rings is 3. The number of hydrogen-bond donors (Lipinski definition) is 3. The number of carbonyl (C=O) groups is 2. The molecular formula is C23H24N2O6S. The van der Waals surface area contributed by atoms with Crippen LogP contribution in [0.2, 0.25) is 0 Å². The van der Waals surface area contributed by atoms with Crippen molar-refractivity contribution in [3.05, 3.63) is 72.3 Å². The normalized spacial score (nSPS) is 14.5. The van der Waals surface area contributed by atoms with Gasteiger partial charge in [-0.05, 0) is 41.6 Å². The van der Waals surface area contributed by atoms with E-state index in [0.29, 0.717) is 16.7 Å². The number of Topliss-reactive ketones (excluding diaryl/α,β-unsaturated/α-hetero) is 1. The first-order chi connectivity index (χ1) is 15.1. The predicted molar refractivity (Wildman–Crippen MR) is 120 cm³/mol. The Morgan fingerprint density at radius 3 is 2.38 bits per heavy atom. The third-order valence-electron chi connectivity index (χ3n) is 5.28. The van der Waals surface area contributed by atoms with E-state index in [1.165, 1.54) is 25.3 Å². The predicted octanol–water partition coefficient (Wildman–Crippen LogP) is 1.89. The monoisotopic (exact) mass is 456 g/mol. The van der Waals surface area contributed by atoms with Gasteiger partial charge in [-0.15, -0.1) is 0 Å². The summed E-state index contributed by atoms with van der Waals surface area (Å²) in [6.45, 7) is 0. The molecule has 0 aliphatic rings. The lowest BCUT2D eigenvalue weighted by molar-refractivity contribution is -0.140. The van der Waals surface area contributed by atoms with E-state index < -0.39 is 38.9 Å². The molecule has 0 heterocycles. The Kier molecular flexibility index (Phi) is 6.63. The van der Waals surface area contributed by atoms with E-state index in [1.54, 1.807) is 48.5 Å². The smallest absolute Gasteiger partial charge is 0.306 e. The van der Waals surface area contributed by atoms with Crippen molar-refractivity contribution in [3.63, 3.8) is 0 Å². The molecule has 8 nitrogen and oxygen atoms in total. The SMILES string of the molecule is COc1ccc2c(S(=O)(=O)[C@](N)(CC(=O)O)C(=O)C(N)Cc3ccccc3)cccc2c1. The standard InChI is InChI=1S/C23H24N2O6S/c1-31-17-10-11-18-16(13-17)8-5-9-20(18)32(29,30)23(25,14-21(26)27)22(28)19(24)12-15-6-3-2-4-7-15/h2-11,13,19H,12,14,24-25H2,1H3,(H,26,27)/t19?,23-/m1/s1. The molecule has 0 radical (unpaired) electrons. The molecule has 3 rings (SSSR count). The summed E-state index contributed by atoms with van der Waals surface area (Å²) in [6.07, 6.45) is -1.11. The average molecular weight is 457 g/mol. The van der Waals surface area contributed by atoms with Crippen LogP contribution in [-0.4, -0.2) is 43.3 Å².